The minimum absolute atomic E-state index is 0.184. The Bertz CT molecular complexity index is 549. The second-order valence-electron chi connectivity index (χ2n) is 4.99. The van der Waals surface area contributed by atoms with Crippen molar-refractivity contribution in [1.82, 2.24) is 0 Å². The van der Waals surface area contributed by atoms with Crippen molar-refractivity contribution < 1.29 is 4.74 Å². The lowest BCUT2D eigenvalue weighted by molar-refractivity contribution is 0.414. The Morgan fingerprint density at radius 1 is 1.05 bits per heavy atom. The first-order valence-corrected chi connectivity index (χ1v) is 6.57. The summed E-state index contributed by atoms with van der Waals surface area (Å²) >= 11 is 6.00. The second kappa shape index (κ2) is 5.54. The molecule has 0 spiro atoms. The Morgan fingerprint density at radius 2 is 1.74 bits per heavy atom. The third-order valence-electron chi connectivity index (χ3n) is 3.09. The van der Waals surface area contributed by atoms with Gasteiger partial charge in [-0.3, -0.25) is 0 Å². The third-order valence-corrected chi connectivity index (χ3v) is 3.33. The van der Waals surface area contributed by atoms with Crippen LogP contribution in [-0.4, -0.2) is 7.11 Å². The first-order valence-electron chi connectivity index (χ1n) is 6.19. The van der Waals surface area contributed by atoms with Gasteiger partial charge in [0, 0.05) is 10.7 Å². The maximum atomic E-state index is 6.00. The van der Waals surface area contributed by atoms with Crippen LogP contribution in [0.2, 0.25) is 5.02 Å². The fraction of sp³-hybridized carbons (Fsp3) is 0.250. The van der Waals surface area contributed by atoms with E-state index in [2.05, 4.69) is 31.3 Å². The number of benzene rings is 2. The van der Waals surface area contributed by atoms with Gasteiger partial charge in [0.25, 0.3) is 0 Å². The number of hydrogen-bond donors (Lipinski definition) is 1. The van der Waals surface area contributed by atoms with Gasteiger partial charge in [0.2, 0.25) is 0 Å². The second-order valence-corrected chi connectivity index (χ2v) is 5.43. The standard InChI is InChI=1S/C16H18ClNO/c1-16(2,12-7-9-15(19-3)10-8-12)18-14-6-4-5-13(17)11-14/h4-11,18H,1-3H3. The molecule has 0 radical (unpaired) electrons. The third kappa shape index (κ3) is 3.42. The summed E-state index contributed by atoms with van der Waals surface area (Å²) in [5.41, 5.74) is 2.01. The summed E-state index contributed by atoms with van der Waals surface area (Å²) < 4.78 is 5.18. The fourth-order valence-corrected chi connectivity index (χ4v) is 2.20. The van der Waals surface area contributed by atoms with Gasteiger partial charge >= 0.3 is 0 Å². The molecule has 0 aromatic heterocycles. The summed E-state index contributed by atoms with van der Waals surface area (Å²) in [4.78, 5) is 0. The van der Waals surface area contributed by atoms with Gasteiger partial charge in [-0.15, -0.1) is 0 Å². The molecule has 0 amide bonds. The summed E-state index contributed by atoms with van der Waals surface area (Å²) in [6.07, 6.45) is 0. The van der Waals surface area contributed by atoms with E-state index in [0.29, 0.717) is 0 Å². The van der Waals surface area contributed by atoms with Crippen molar-refractivity contribution in [3.8, 4) is 5.75 Å². The van der Waals surface area contributed by atoms with Crippen LogP contribution in [0, 0.1) is 0 Å². The van der Waals surface area contributed by atoms with Crippen LogP contribution >= 0.6 is 11.6 Å². The van der Waals surface area contributed by atoms with Crippen LogP contribution in [0.15, 0.2) is 48.5 Å². The van der Waals surface area contributed by atoms with Gasteiger partial charge in [0.05, 0.1) is 12.6 Å². The molecule has 0 unspecified atom stereocenters. The van der Waals surface area contributed by atoms with Crippen molar-refractivity contribution in [1.29, 1.82) is 0 Å². The topological polar surface area (TPSA) is 21.3 Å². The molecule has 3 heteroatoms. The molecule has 100 valence electrons. The monoisotopic (exact) mass is 275 g/mol. The molecule has 2 nitrogen and oxygen atoms in total. The molecule has 2 aromatic rings. The molecule has 2 aromatic carbocycles. The maximum Gasteiger partial charge on any atom is 0.118 e. The molecule has 0 bridgehead atoms. The van der Waals surface area contributed by atoms with Gasteiger partial charge in [-0.2, -0.15) is 0 Å². The average Bonchev–Trinajstić information content (AvgIpc) is 2.38. The van der Waals surface area contributed by atoms with Crippen molar-refractivity contribution >= 4 is 17.3 Å². The summed E-state index contributed by atoms with van der Waals surface area (Å²) in [6, 6.07) is 15.8. The molecular weight excluding hydrogens is 258 g/mol. The molecule has 0 heterocycles. The van der Waals surface area contributed by atoms with Gasteiger partial charge in [0.1, 0.15) is 5.75 Å². The fourth-order valence-electron chi connectivity index (χ4n) is 2.01. The zero-order chi connectivity index (χ0) is 13.9. The summed E-state index contributed by atoms with van der Waals surface area (Å²) in [7, 11) is 1.67. The van der Waals surface area contributed by atoms with E-state index in [9.17, 15) is 0 Å². The van der Waals surface area contributed by atoms with Crippen LogP contribution in [-0.2, 0) is 5.54 Å². The van der Waals surface area contributed by atoms with Crippen LogP contribution < -0.4 is 10.1 Å². The van der Waals surface area contributed by atoms with E-state index in [1.807, 2.05) is 36.4 Å². The molecule has 19 heavy (non-hydrogen) atoms. The number of ether oxygens (including phenoxy) is 1. The number of hydrogen-bond acceptors (Lipinski definition) is 2. The van der Waals surface area contributed by atoms with Crippen molar-refractivity contribution in [3.63, 3.8) is 0 Å². The van der Waals surface area contributed by atoms with E-state index in [1.165, 1.54) is 5.56 Å². The van der Waals surface area contributed by atoms with Gasteiger partial charge < -0.3 is 10.1 Å². The molecule has 0 atom stereocenters. The molecule has 0 saturated carbocycles. The zero-order valence-electron chi connectivity index (χ0n) is 11.4. The smallest absolute Gasteiger partial charge is 0.118 e. The molecule has 1 N–H and O–H groups in total. The highest BCUT2D eigenvalue weighted by Crippen LogP contribution is 2.28. The number of halogens is 1. The van der Waals surface area contributed by atoms with Crippen LogP contribution in [0.5, 0.6) is 5.75 Å². The summed E-state index contributed by atoms with van der Waals surface area (Å²) in [5.74, 6) is 0.863. The van der Waals surface area contributed by atoms with Crippen molar-refractivity contribution in [3.05, 3.63) is 59.1 Å². The van der Waals surface area contributed by atoms with Gasteiger partial charge in [-0.1, -0.05) is 29.8 Å². The van der Waals surface area contributed by atoms with Crippen LogP contribution in [0.3, 0.4) is 0 Å². The Kier molecular flexibility index (Phi) is 4.01. The Morgan fingerprint density at radius 3 is 2.32 bits per heavy atom. The largest absolute Gasteiger partial charge is 0.497 e. The minimum atomic E-state index is -0.184. The number of nitrogens with one attached hydrogen (secondary N) is 1. The molecular formula is C16H18ClNO. The number of anilines is 1. The van der Waals surface area contributed by atoms with E-state index in [-0.39, 0.29) is 5.54 Å². The zero-order valence-corrected chi connectivity index (χ0v) is 12.2. The maximum absolute atomic E-state index is 6.00. The van der Waals surface area contributed by atoms with Gasteiger partial charge in [-0.05, 0) is 49.7 Å². The lowest BCUT2D eigenvalue weighted by Gasteiger charge is -2.28. The predicted molar refractivity (Wildman–Crippen MR) is 81.1 cm³/mol. The first kappa shape index (κ1) is 13.8. The highest BCUT2D eigenvalue weighted by atomic mass is 35.5. The first-order chi connectivity index (χ1) is 9.01. The Hall–Kier alpha value is -1.67. The molecule has 0 aliphatic carbocycles. The van der Waals surface area contributed by atoms with Crippen LogP contribution in [0.4, 0.5) is 5.69 Å². The number of rotatable bonds is 4. The van der Waals surface area contributed by atoms with E-state index in [4.69, 9.17) is 16.3 Å². The quantitative estimate of drug-likeness (QED) is 0.873. The van der Waals surface area contributed by atoms with E-state index >= 15 is 0 Å². The Labute approximate surface area is 119 Å². The van der Waals surface area contributed by atoms with E-state index < -0.39 is 0 Å². The van der Waals surface area contributed by atoms with Crippen molar-refractivity contribution in [2.24, 2.45) is 0 Å². The van der Waals surface area contributed by atoms with Crippen LogP contribution in [0.1, 0.15) is 19.4 Å². The SMILES string of the molecule is COc1ccc(C(C)(C)Nc2cccc(Cl)c2)cc1. The highest BCUT2D eigenvalue weighted by molar-refractivity contribution is 6.30. The molecule has 2 rings (SSSR count). The van der Waals surface area contributed by atoms with Gasteiger partial charge in [-0.25, -0.2) is 0 Å². The normalized spacial score (nSPS) is 11.2. The van der Waals surface area contributed by atoms with E-state index in [0.717, 1.165) is 16.5 Å². The molecule has 0 aliphatic heterocycles. The number of methoxy groups -OCH3 is 1. The van der Waals surface area contributed by atoms with Crippen molar-refractivity contribution in [2.75, 3.05) is 12.4 Å². The highest BCUT2D eigenvalue weighted by Gasteiger charge is 2.20. The van der Waals surface area contributed by atoms with E-state index in [1.54, 1.807) is 7.11 Å². The lowest BCUT2D eigenvalue weighted by Crippen LogP contribution is -2.27. The van der Waals surface area contributed by atoms with Crippen LogP contribution in [0.25, 0.3) is 0 Å². The summed E-state index contributed by atoms with van der Waals surface area (Å²) in [5, 5.41) is 4.22. The molecule has 0 fully saturated rings. The average molecular weight is 276 g/mol. The summed E-state index contributed by atoms with van der Waals surface area (Å²) in [6.45, 7) is 4.27. The van der Waals surface area contributed by atoms with Crippen molar-refractivity contribution in [2.45, 2.75) is 19.4 Å². The Balaban J connectivity index is 2.21. The van der Waals surface area contributed by atoms with Gasteiger partial charge in [0.15, 0.2) is 0 Å². The lowest BCUT2D eigenvalue weighted by atomic mass is 9.94. The minimum Gasteiger partial charge on any atom is -0.497 e. The predicted octanol–water partition coefficient (Wildman–Crippen LogP) is 4.70. The molecule has 0 saturated heterocycles. The molecule has 0 aliphatic rings.